The van der Waals surface area contributed by atoms with E-state index in [-0.39, 0.29) is 6.04 Å². The van der Waals surface area contributed by atoms with Crippen LogP contribution < -0.4 is 10.2 Å². The van der Waals surface area contributed by atoms with Gasteiger partial charge in [-0.1, -0.05) is 35.3 Å². The first kappa shape index (κ1) is 27.5. The summed E-state index contributed by atoms with van der Waals surface area (Å²) < 4.78 is 0. The van der Waals surface area contributed by atoms with Gasteiger partial charge in [-0.2, -0.15) is 4.98 Å². The summed E-state index contributed by atoms with van der Waals surface area (Å²) in [5.74, 6) is 2.07. The van der Waals surface area contributed by atoms with E-state index in [1.807, 2.05) is 26.0 Å². The molecule has 0 amide bonds. The van der Waals surface area contributed by atoms with Crippen LogP contribution in [0.4, 0.5) is 11.8 Å². The normalized spacial score (nSPS) is 27.6. The average Bonchev–Trinajstić information content (AvgIpc) is 2.88. The molecule has 1 aliphatic carbocycles. The highest BCUT2D eigenvalue weighted by Gasteiger charge is 2.49. The van der Waals surface area contributed by atoms with Gasteiger partial charge in [-0.3, -0.25) is 4.79 Å². The molecular weight excluding hydrogens is 521 g/mol. The maximum absolute atomic E-state index is 11.5. The number of anilines is 2. The molecule has 206 valence electrons. The van der Waals surface area contributed by atoms with E-state index < -0.39 is 11.4 Å². The first-order valence-electron chi connectivity index (χ1n) is 13.9. The molecule has 3 fully saturated rings. The number of nitrogens with zero attached hydrogens (tertiary/aromatic N) is 4. The van der Waals surface area contributed by atoms with Crippen LogP contribution in [0.15, 0.2) is 24.4 Å². The van der Waals surface area contributed by atoms with Crippen molar-refractivity contribution >= 4 is 40.9 Å². The number of hydrogen-bond donors (Lipinski definition) is 2. The lowest BCUT2D eigenvalue weighted by Crippen LogP contribution is -2.56. The Balaban J connectivity index is 1.17. The van der Waals surface area contributed by atoms with Crippen molar-refractivity contribution in [2.24, 2.45) is 17.3 Å². The molecule has 1 aromatic heterocycles. The zero-order valence-electron chi connectivity index (χ0n) is 22.6. The second-order valence-electron chi connectivity index (χ2n) is 11.9. The maximum atomic E-state index is 11.5. The van der Waals surface area contributed by atoms with E-state index in [9.17, 15) is 9.90 Å². The minimum Gasteiger partial charge on any atom is -0.481 e. The van der Waals surface area contributed by atoms with Gasteiger partial charge >= 0.3 is 5.97 Å². The third kappa shape index (κ3) is 5.75. The Hall–Kier alpha value is -2.09. The number of aryl methyl sites for hydroxylation is 1. The molecule has 1 saturated carbocycles. The van der Waals surface area contributed by atoms with Crippen LogP contribution in [0.3, 0.4) is 0 Å². The molecule has 2 aromatic rings. The number of aliphatic carboxylic acids is 1. The number of carboxylic acids is 1. The van der Waals surface area contributed by atoms with Gasteiger partial charge < -0.3 is 20.2 Å². The van der Waals surface area contributed by atoms with E-state index in [0.717, 1.165) is 68.0 Å². The maximum Gasteiger partial charge on any atom is 0.309 e. The summed E-state index contributed by atoms with van der Waals surface area (Å²) >= 11 is 13.0. The van der Waals surface area contributed by atoms with Crippen LogP contribution in [-0.2, 0) is 4.79 Å². The molecule has 2 atom stereocenters. The molecule has 2 N–H and O–H groups in total. The lowest BCUT2D eigenvalue weighted by molar-refractivity contribution is -0.158. The quantitative estimate of drug-likeness (QED) is 0.403. The van der Waals surface area contributed by atoms with Crippen molar-refractivity contribution in [3.05, 3.63) is 45.6 Å². The summed E-state index contributed by atoms with van der Waals surface area (Å²) in [7, 11) is 0. The summed E-state index contributed by atoms with van der Waals surface area (Å²) in [6.07, 6.45) is 7.99. The lowest BCUT2D eigenvalue weighted by Gasteiger charge is -2.51. The SMILES string of the molecule is Cc1ccc(C(C)Nc2nc(N3CCC(C4CCCN(C5CC(C)(C(=O)O)C5)C4)CC3)ncc2Cl)c(Cl)c1. The van der Waals surface area contributed by atoms with Crippen LogP contribution >= 0.6 is 23.2 Å². The number of rotatable bonds is 7. The predicted octanol–water partition coefficient (Wildman–Crippen LogP) is 6.45. The second kappa shape index (κ2) is 11.2. The van der Waals surface area contributed by atoms with E-state index in [1.54, 1.807) is 6.20 Å². The third-order valence-electron chi connectivity index (χ3n) is 9.09. The summed E-state index contributed by atoms with van der Waals surface area (Å²) in [4.78, 5) is 25.7. The minimum absolute atomic E-state index is 0.0487. The van der Waals surface area contributed by atoms with Crippen LogP contribution in [0.25, 0.3) is 0 Å². The van der Waals surface area contributed by atoms with Crippen molar-refractivity contribution in [2.45, 2.75) is 71.4 Å². The Morgan fingerprint density at radius 1 is 1.13 bits per heavy atom. The van der Waals surface area contributed by atoms with Gasteiger partial charge in [-0.25, -0.2) is 4.98 Å². The number of nitrogens with one attached hydrogen (secondary N) is 1. The lowest BCUT2D eigenvalue weighted by atomic mass is 9.65. The van der Waals surface area contributed by atoms with E-state index >= 15 is 0 Å². The van der Waals surface area contributed by atoms with E-state index in [2.05, 4.69) is 33.1 Å². The highest BCUT2D eigenvalue weighted by Crippen LogP contribution is 2.45. The van der Waals surface area contributed by atoms with Gasteiger partial charge in [0.2, 0.25) is 5.95 Å². The molecule has 0 spiro atoms. The zero-order chi connectivity index (χ0) is 27.0. The molecule has 0 radical (unpaired) electrons. The van der Waals surface area contributed by atoms with E-state index in [0.29, 0.717) is 34.7 Å². The number of piperidine rings is 2. The van der Waals surface area contributed by atoms with Crippen molar-refractivity contribution in [3.8, 4) is 0 Å². The smallest absolute Gasteiger partial charge is 0.309 e. The number of aromatic nitrogens is 2. The number of likely N-dealkylation sites (tertiary alicyclic amines) is 1. The number of benzene rings is 1. The van der Waals surface area contributed by atoms with Crippen molar-refractivity contribution in [2.75, 3.05) is 36.4 Å². The molecule has 2 aliphatic heterocycles. The third-order valence-corrected chi connectivity index (χ3v) is 9.69. The molecule has 3 aliphatic rings. The Morgan fingerprint density at radius 2 is 1.87 bits per heavy atom. The number of hydrogen-bond acceptors (Lipinski definition) is 6. The van der Waals surface area contributed by atoms with Gasteiger partial charge in [-0.15, -0.1) is 0 Å². The van der Waals surface area contributed by atoms with Gasteiger partial charge in [0, 0.05) is 30.7 Å². The van der Waals surface area contributed by atoms with Crippen molar-refractivity contribution in [3.63, 3.8) is 0 Å². The number of carboxylic acid groups (broad SMARTS) is 1. The summed E-state index contributed by atoms with van der Waals surface area (Å²) in [5.41, 5.74) is 1.60. The standard InChI is InChI=1S/C29H39Cl2N5O2/c1-18-6-7-23(24(30)13-18)19(2)33-26-25(31)16-32-28(34-26)35-11-8-20(9-12-35)21-5-4-10-36(17-21)22-14-29(3,15-22)27(37)38/h6-7,13,16,19-22H,4-5,8-12,14-15,17H2,1-3H3,(H,37,38)(H,32,33,34). The molecule has 3 heterocycles. The van der Waals surface area contributed by atoms with Crippen LogP contribution in [0.1, 0.15) is 69.5 Å². The first-order chi connectivity index (χ1) is 18.1. The van der Waals surface area contributed by atoms with Crippen LogP contribution in [0.5, 0.6) is 0 Å². The van der Waals surface area contributed by atoms with Crippen molar-refractivity contribution in [1.29, 1.82) is 0 Å². The molecule has 5 rings (SSSR count). The fraction of sp³-hybridized carbons (Fsp3) is 0.621. The second-order valence-corrected chi connectivity index (χ2v) is 12.7. The number of halogens is 2. The predicted molar refractivity (Wildman–Crippen MR) is 153 cm³/mol. The molecule has 7 nitrogen and oxygen atoms in total. The first-order valence-corrected chi connectivity index (χ1v) is 14.7. The Labute approximate surface area is 235 Å². The fourth-order valence-electron chi connectivity index (χ4n) is 6.62. The summed E-state index contributed by atoms with van der Waals surface area (Å²) in [6.45, 7) is 10.1. The van der Waals surface area contributed by atoms with Gasteiger partial charge in [-0.05, 0) is 94.9 Å². The van der Waals surface area contributed by atoms with Crippen LogP contribution in [0, 0.1) is 24.2 Å². The molecule has 38 heavy (non-hydrogen) atoms. The van der Waals surface area contributed by atoms with Gasteiger partial charge in [0.25, 0.3) is 0 Å². The van der Waals surface area contributed by atoms with E-state index in [4.69, 9.17) is 28.2 Å². The molecule has 2 saturated heterocycles. The van der Waals surface area contributed by atoms with Crippen molar-refractivity contribution in [1.82, 2.24) is 14.9 Å². The highest BCUT2D eigenvalue weighted by atomic mass is 35.5. The molecule has 1 aromatic carbocycles. The van der Waals surface area contributed by atoms with Crippen LogP contribution in [-0.4, -0.2) is 58.2 Å². The van der Waals surface area contributed by atoms with Gasteiger partial charge in [0.05, 0.1) is 17.7 Å². The summed E-state index contributed by atoms with van der Waals surface area (Å²) in [6, 6.07) is 6.45. The zero-order valence-corrected chi connectivity index (χ0v) is 24.1. The molecule has 9 heteroatoms. The number of carbonyl (C=O) groups is 1. The largest absolute Gasteiger partial charge is 0.481 e. The minimum atomic E-state index is -0.647. The highest BCUT2D eigenvalue weighted by molar-refractivity contribution is 6.33. The Kier molecular flexibility index (Phi) is 8.09. The van der Waals surface area contributed by atoms with Crippen LogP contribution in [0.2, 0.25) is 10.0 Å². The van der Waals surface area contributed by atoms with Gasteiger partial charge in [0.15, 0.2) is 5.82 Å². The van der Waals surface area contributed by atoms with Crippen molar-refractivity contribution < 1.29 is 9.90 Å². The Morgan fingerprint density at radius 3 is 2.55 bits per heavy atom. The molecular formula is C29H39Cl2N5O2. The molecule has 0 bridgehead atoms. The van der Waals surface area contributed by atoms with E-state index in [1.165, 1.54) is 12.8 Å². The fourth-order valence-corrected chi connectivity index (χ4v) is 7.16. The van der Waals surface area contributed by atoms with Gasteiger partial charge in [0.1, 0.15) is 5.02 Å². The topological polar surface area (TPSA) is 81.6 Å². The monoisotopic (exact) mass is 559 g/mol. The Bertz CT molecular complexity index is 1160. The average molecular weight is 561 g/mol. The summed E-state index contributed by atoms with van der Waals surface area (Å²) in [5, 5.41) is 14.1. The molecule has 2 unspecified atom stereocenters.